The van der Waals surface area contributed by atoms with Crippen molar-refractivity contribution in [2.24, 2.45) is 5.92 Å². The quantitative estimate of drug-likeness (QED) is 0.793. The summed E-state index contributed by atoms with van der Waals surface area (Å²) in [4.78, 5) is 17.3. The molecule has 0 bridgehead atoms. The molecule has 2 heterocycles. The largest absolute Gasteiger partial charge is 0.341 e. The van der Waals surface area contributed by atoms with E-state index in [9.17, 15) is 13.2 Å². The summed E-state index contributed by atoms with van der Waals surface area (Å²) in [5.41, 5.74) is 1.31. The number of nitrogens with zero attached hydrogens (tertiary/aromatic N) is 3. The Morgan fingerprint density at radius 3 is 2.35 bits per heavy atom. The lowest BCUT2D eigenvalue weighted by Gasteiger charge is -2.32. The maximum absolute atomic E-state index is 12.9. The number of carbonyl (C=O) groups excluding carboxylic acids is 1. The predicted molar refractivity (Wildman–Crippen MR) is 102 cm³/mol. The number of hydrogen-bond acceptors (Lipinski definition) is 4. The molecule has 0 N–H and O–H groups in total. The van der Waals surface area contributed by atoms with Gasteiger partial charge in [-0.3, -0.25) is 9.69 Å². The van der Waals surface area contributed by atoms with Gasteiger partial charge in [0.25, 0.3) is 0 Å². The molecule has 0 saturated carbocycles. The first-order valence-corrected chi connectivity index (χ1v) is 11.3. The molecule has 6 nitrogen and oxygen atoms in total. The van der Waals surface area contributed by atoms with E-state index in [4.69, 9.17) is 0 Å². The molecule has 2 fully saturated rings. The third kappa shape index (κ3) is 5.05. The number of benzene rings is 1. The third-order valence-electron chi connectivity index (χ3n) is 5.42. The monoisotopic (exact) mass is 379 g/mol. The number of hydrogen-bond donors (Lipinski definition) is 0. The van der Waals surface area contributed by atoms with Crippen molar-refractivity contribution < 1.29 is 13.2 Å². The Labute approximate surface area is 156 Å². The summed E-state index contributed by atoms with van der Waals surface area (Å²) in [5, 5.41) is 0. The van der Waals surface area contributed by atoms with Crippen LogP contribution in [0.15, 0.2) is 30.3 Å². The Bertz CT molecular complexity index is 700. The van der Waals surface area contributed by atoms with Crippen LogP contribution in [0.2, 0.25) is 0 Å². The van der Waals surface area contributed by atoms with Crippen molar-refractivity contribution in [2.45, 2.75) is 25.8 Å². The van der Waals surface area contributed by atoms with E-state index < -0.39 is 10.0 Å². The molecule has 1 amide bonds. The molecular formula is C19H29N3O3S. The summed E-state index contributed by atoms with van der Waals surface area (Å²) in [7, 11) is -3.14. The molecule has 1 aromatic carbocycles. The molecule has 0 atom stereocenters. The van der Waals surface area contributed by atoms with Crippen molar-refractivity contribution >= 4 is 15.9 Å². The van der Waals surface area contributed by atoms with Gasteiger partial charge in [-0.25, -0.2) is 12.7 Å². The average molecular weight is 380 g/mol. The van der Waals surface area contributed by atoms with Crippen LogP contribution >= 0.6 is 0 Å². The van der Waals surface area contributed by atoms with Crippen LogP contribution in [0.5, 0.6) is 0 Å². The lowest BCUT2D eigenvalue weighted by molar-refractivity contribution is -0.136. The highest BCUT2D eigenvalue weighted by Gasteiger charge is 2.32. The van der Waals surface area contributed by atoms with Gasteiger partial charge in [0.2, 0.25) is 15.9 Å². The third-order valence-corrected chi connectivity index (χ3v) is 6.72. The Hall–Kier alpha value is -1.44. The smallest absolute Gasteiger partial charge is 0.225 e. The molecular weight excluding hydrogens is 350 g/mol. The van der Waals surface area contributed by atoms with Crippen molar-refractivity contribution in [1.29, 1.82) is 0 Å². The van der Waals surface area contributed by atoms with E-state index in [2.05, 4.69) is 29.2 Å². The summed E-state index contributed by atoms with van der Waals surface area (Å²) < 4.78 is 24.7. The molecule has 0 spiro atoms. The molecule has 26 heavy (non-hydrogen) atoms. The Balaban J connectivity index is 1.50. The summed E-state index contributed by atoms with van der Waals surface area (Å²) in [6.07, 6.45) is 3.50. The average Bonchev–Trinajstić information content (AvgIpc) is 2.87. The summed E-state index contributed by atoms with van der Waals surface area (Å²) in [6, 6.07) is 10.4. The highest BCUT2D eigenvalue weighted by molar-refractivity contribution is 7.88. The van der Waals surface area contributed by atoms with Crippen LogP contribution in [-0.4, -0.2) is 74.0 Å². The lowest BCUT2D eigenvalue weighted by atomic mass is 9.96. The second-order valence-electron chi connectivity index (χ2n) is 7.38. The van der Waals surface area contributed by atoms with Crippen molar-refractivity contribution in [1.82, 2.24) is 14.1 Å². The van der Waals surface area contributed by atoms with E-state index in [1.165, 1.54) is 16.1 Å². The van der Waals surface area contributed by atoms with Crippen molar-refractivity contribution in [2.75, 3.05) is 45.5 Å². The van der Waals surface area contributed by atoms with Gasteiger partial charge in [0.1, 0.15) is 0 Å². The van der Waals surface area contributed by atoms with Crippen LogP contribution in [0.4, 0.5) is 0 Å². The number of carbonyl (C=O) groups is 1. The van der Waals surface area contributed by atoms with Crippen molar-refractivity contribution in [3.05, 3.63) is 35.9 Å². The van der Waals surface area contributed by atoms with E-state index in [0.29, 0.717) is 25.9 Å². The van der Waals surface area contributed by atoms with Crippen molar-refractivity contribution in [3.8, 4) is 0 Å². The second kappa shape index (κ2) is 8.50. The highest BCUT2D eigenvalue weighted by Crippen LogP contribution is 2.22. The zero-order valence-electron chi connectivity index (χ0n) is 15.5. The molecule has 0 radical (unpaired) electrons. The molecule has 144 valence electrons. The molecule has 1 aromatic rings. The van der Waals surface area contributed by atoms with Gasteiger partial charge in [-0.2, -0.15) is 0 Å². The van der Waals surface area contributed by atoms with Gasteiger partial charge in [0.15, 0.2) is 0 Å². The summed E-state index contributed by atoms with van der Waals surface area (Å²) in [5.74, 6) is 0.174. The van der Waals surface area contributed by atoms with Gasteiger partial charge in [0.05, 0.1) is 6.26 Å². The van der Waals surface area contributed by atoms with Crippen LogP contribution in [-0.2, 0) is 21.4 Å². The topological polar surface area (TPSA) is 60.9 Å². The van der Waals surface area contributed by atoms with E-state index >= 15 is 0 Å². The number of rotatable bonds is 4. The predicted octanol–water partition coefficient (Wildman–Crippen LogP) is 1.39. The molecule has 2 aliphatic rings. The van der Waals surface area contributed by atoms with E-state index in [-0.39, 0.29) is 11.8 Å². The first kappa shape index (κ1) is 19.3. The number of sulfonamides is 1. The lowest BCUT2D eigenvalue weighted by Crippen LogP contribution is -2.45. The van der Waals surface area contributed by atoms with Crippen LogP contribution in [0.25, 0.3) is 0 Å². The number of piperidine rings is 1. The fourth-order valence-electron chi connectivity index (χ4n) is 3.88. The van der Waals surface area contributed by atoms with E-state index in [0.717, 1.165) is 39.1 Å². The van der Waals surface area contributed by atoms with Gasteiger partial charge in [-0.05, 0) is 24.8 Å². The van der Waals surface area contributed by atoms with Crippen LogP contribution in [0, 0.1) is 5.92 Å². The molecule has 0 unspecified atom stereocenters. The SMILES string of the molecule is CS(=O)(=O)N1CCC(C(=O)N2CCCN(Cc3ccccc3)CC2)CC1. The zero-order valence-corrected chi connectivity index (χ0v) is 16.3. The van der Waals surface area contributed by atoms with Crippen LogP contribution in [0.1, 0.15) is 24.8 Å². The maximum Gasteiger partial charge on any atom is 0.225 e. The molecule has 7 heteroatoms. The van der Waals surface area contributed by atoms with Gasteiger partial charge in [-0.1, -0.05) is 30.3 Å². The van der Waals surface area contributed by atoms with Crippen molar-refractivity contribution in [3.63, 3.8) is 0 Å². The van der Waals surface area contributed by atoms with Gasteiger partial charge in [0, 0.05) is 51.7 Å². The molecule has 0 aliphatic carbocycles. The standard InChI is InChI=1S/C19H29N3O3S/c1-26(24,25)22-12-8-18(9-13-22)19(23)21-11-5-10-20(14-15-21)16-17-6-3-2-4-7-17/h2-4,6-7,18H,5,8-16H2,1H3. The molecule has 2 saturated heterocycles. The van der Waals surface area contributed by atoms with Gasteiger partial charge in [-0.15, -0.1) is 0 Å². The van der Waals surface area contributed by atoms with E-state index in [1.807, 2.05) is 11.0 Å². The second-order valence-corrected chi connectivity index (χ2v) is 9.36. The Kier molecular flexibility index (Phi) is 6.32. The van der Waals surface area contributed by atoms with Crippen LogP contribution < -0.4 is 0 Å². The first-order chi connectivity index (χ1) is 12.4. The molecule has 2 aliphatic heterocycles. The van der Waals surface area contributed by atoms with Gasteiger partial charge >= 0.3 is 0 Å². The Morgan fingerprint density at radius 1 is 1.00 bits per heavy atom. The molecule has 0 aromatic heterocycles. The number of amides is 1. The normalized spacial score (nSPS) is 21.5. The zero-order chi connectivity index (χ0) is 18.6. The first-order valence-electron chi connectivity index (χ1n) is 9.43. The minimum absolute atomic E-state index is 0.0336. The Morgan fingerprint density at radius 2 is 1.69 bits per heavy atom. The van der Waals surface area contributed by atoms with Crippen LogP contribution in [0.3, 0.4) is 0 Å². The van der Waals surface area contributed by atoms with E-state index in [1.54, 1.807) is 0 Å². The summed E-state index contributed by atoms with van der Waals surface area (Å²) in [6.45, 7) is 5.31. The highest BCUT2D eigenvalue weighted by atomic mass is 32.2. The fourth-order valence-corrected chi connectivity index (χ4v) is 4.76. The minimum Gasteiger partial charge on any atom is -0.341 e. The minimum atomic E-state index is -3.14. The maximum atomic E-state index is 12.9. The summed E-state index contributed by atoms with van der Waals surface area (Å²) >= 11 is 0. The van der Waals surface area contributed by atoms with Gasteiger partial charge < -0.3 is 4.90 Å². The molecule has 3 rings (SSSR count). The fraction of sp³-hybridized carbons (Fsp3) is 0.632.